The summed E-state index contributed by atoms with van der Waals surface area (Å²) in [5.41, 5.74) is 8.06. The Labute approximate surface area is 96.5 Å². The Morgan fingerprint density at radius 1 is 1.50 bits per heavy atom. The summed E-state index contributed by atoms with van der Waals surface area (Å²) in [6.45, 7) is 5.18. The van der Waals surface area contributed by atoms with E-state index in [1.54, 1.807) is 0 Å². The Morgan fingerprint density at radius 2 is 2.31 bits per heavy atom. The minimum absolute atomic E-state index is 0.0369. The van der Waals surface area contributed by atoms with Crippen LogP contribution in [-0.4, -0.2) is 25.0 Å². The third kappa shape index (κ3) is 2.61. The van der Waals surface area contributed by atoms with Crippen LogP contribution < -0.4 is 5.73 Å². The number of hydrogen-bond donors (Lipinski definition) is 1. The molecule has 0 saturated carbocycles. The lowest BCUT2D eigenvalue weighted by molar-refractivity contribution is -0.151. The molecule has 0 aliphatic carbocycles. The van der Waals surface area contributed by atoms with Gasteiger partial charge in [0.15, 0.2) is 5.79 Å². The van der Waals surface area contributed by atoms with Crippen LogP contribution in [0.1, 0.15) is 18.1 Å². The quantitative estimate of drug-likeness (QED) is 0.843. The third-order valence-electron chi connectivity index (χ3n) is 2.86. The summed E-state index contributed by atoms with van der Waals surface area (Å²) >= 11 is 0. The first-order chi connectivity index (χ1) is 7.61. The minimum atomic E-state index is -0.516. The van der Waals surface area contributed by atoms with Gasteiger partial charge in [-0.05, 0) is 19.4 Å². The summed E-state index contributed by atoms with van der Waals surface area (Å²) in [4.78, 5) is 0. The van der Waals surface area contributed by atoms with Gasteiger partial charge in [-0.1, -0.05) is 29.8 Å². The highest BCUT2D eigenvalue weighted by molar-refractivity contribution is 5.23. The number of ether oxygens (including phenoxy) is 2. The molecule has 2 N–H and O–H groups in total. The van der Waals surface area contributed by atoms with Gasteiger partial charge in [-0.25, -0.2) is 0 Å². The van der Waals surface area contributed by atoms with Gasteiger partial charge < -0.3 is 15.2 Å². The average Bonchev–Trinajstić information content (AvgIpc) is 2.60. The molecule has 1 fully saturated rings. The lowest BCUT2D eigenvalue weighted by Crippen LogP contribution is -2.31. The van der Waals surface area contributed by atoms with E-state index < -0.39 is 5.79 Å². The normalized spacial score (nSPS) is 29.6. The molecule has 0 aromatic heterocycles. The number of benzene rings is 1. The molecule has 1 aliphatic heterocycles. The van der Waals surface area contributed by atoms with E-state index in [1.165, 1.54) is 11.1 Å². The molecule has 1 aromatic carbocycles. The Hall–Kier alpha value is -0.900. The highest BCUT2D eigenvalue weighted by Crippen LogP contribution is 2.27. The molecule has 2 rings (SSSR count). The first-order valence-corrected chi connectivity index (χ1v) is 5.69. The second kappa shape index (κ2) is 4.53. The molecule has 0 spiro atoms. The van der Waals surface area contributed by atoms with E-state index in [-0.39, 0.29) is 6.10 Å². The van der Waals surface area contributed by atoms with Crippen LogP contribution in [0.2, 0.25) is 0 Å². The molecule has 3 nitrogen and oxygen atoms in total. The molecule has 0 amide bonds. The summed E-state index contributed by atoms with van der Waals surface area (Å²) in [6.07, 6.45) is 0.806. The lowest BCUT2D eigenvalue weighted by atomic mass is 10.0. The van der Waals surface area contributed by atoms with Crippen LogP contribution in [0.4, 0.5) is 0 Å². The van der Waals surface area contributed by atoms with E-state index >= 15 is 0 Å². The molecule has 1 heterocycles. The van der Waals surface area contributed by atoms with Gasteiger partial charge in [0.2, 0.25) is 0 Å². The molecule has 0 bridgehead atoms. The van der Waals surface area contributed by atoms with Crippen molar-refractivity contribution in [2.45, 2.75) is 32.2 Å². The van der Waals surface area contributed by atoms with Crippen molar-refractivity contribution < 1.29 is 9.47 Å². The fraction of sp³-hybridized carbons (Fsp3) is 0.538. The zero-order valence-electron chi connectivity index (χ0n) is 9.90. The zero-order chi connectivity index (χ0) is 11.6. The van der Waals surface area contributed by atoms with Crippen molar-refractivity contribution in [1.82, 2.24) is 0 Å². The molecule has 1 saturated heterocycles. The first kappa shape index (κ1) is 11.6. The molecule has 1 aliphatic rings. The Bertz CT molecular complexity index is 367. The maximum Gasteiger partial charge on any atom is 0.170 e. The number of hydrogen-bond acceptors (Lipinski definition) is 3. The van der Waals surface area contributed by atoms with Crippen LogP contribution in [0.15, 0.2) is 24.3 Å². The summed E-state index contributed by atoms with van der Waals surface area (Å²) in [7, 11) is 0. The fourth-order valence-corrected chi connectivity index (χ4v) is 2.09. The van der Waals surface area contributed by atoms with Crippen molar-refractivity contribution in [3.63, 3.8) is 0 Å². The van der Waals surface area contributed by atoms with E-state index in [4.69, 9.17) is 15.2 Å². The monoisotopic (exact) mass is 221 g/mol. The van der Waals surface area contributed by atoms with Gasteiger partial charge in [0, 0.05) is 13.0 Å². The fourth-order valence-electron chi connectivity index (χ4n) is 2.09. The molecular formula is C13H19NO2. The molecule has 2 atom stereocenters. The summed E-state index contributed by atoms with van der Waals surface area (Å²) in [5.74, 6) is -0.516. The van der Waals surface area contributed by atoms with Gasteiger partial charge in [-0.15, -0.1) is 0 Å². The molecule has 3 heteroatoms. The first-order valence-electron chi connectivity index (χ1n) is 5.69. The molecule has 2 unspecified atom stereocenters. The Balaban J connectivity index is 2.04. The second-order valence-corrected chi connectivity index (χ2v) is 4.59. The van der Waals surface area contributed by atoms with Gasteiger partial charge in [0.1, 0.15) is 0 Å². The predicted octanol–water partition coefficient (Wildman–Crippen LogP) is 1.63. The van der Waals surface area contributed by atoms with Gasteiger partial charge in [-0.3, -0.25) is 0 Å². The highest BCUT2D eigenvalue weighted by atomic mass is 16.7. The molecule has 1 aromatic rings. The highest BCUT2D eigenvalue weighted by Gasteiger charge is 2.36. The van der Waals surface area contributed by atoms with Crippen molar-refractivity contribution in [3.8, 4) is 0 Å². The Morgan fingerprint density at radius 3 is 2.94 bits per heavy atom. The van der Waals surface area contributed by atoms with Crippen molar-refractivity contribution in [1.29, 1.82) is 0 Å². The standard InChI is InChI=1S/C13H19NO2/c1-10-4-3-5-11(6-10)7-13(2)15-9-12(8-14)16-13/h3-6,12H,7-9,14H2,1-2H3. The molecule has 0 radical (unpaired) electrons. The van der Waals surface area contributed by atoms with E-state index in [0.29, 0.717) is 13.2 Å². The van der Waals surface area contributed by atoms with E-state index in [9.17, 15) is 0 Å². The predicted molar refractivity (Wildman–Crippen MR) is 63.2 cm³/mol. The van der Waals surface area contributed by atoms with Crippen molar-refractivity contribution in [2.75, 3.05) is 13.2 Å². The lowest BCUT2D eigenvalue weighted by Gasteiger charge is -2.23. The van der Waals surface area contributed by atoms with E-state index in [2.05, 4.69) is 31.2 Å². The van der Waals surface area contributed by atoms with Crippen molar-refractivity contribution in [3.05, 3.63) is 35.4 Å². The molecular weight excluding hydrogens is 202 g/mol. The maximum atomic E-state index is 5.79. The number of rotatable bonds is 3. The summed E-state index contributed by atoms with van der Waals surface area (Å²) < 4.78 is 11.5. The smallest absolute Gasteiger partial charge is 0.170 e. The topological polar surface area (TPSA) is 44.5 Å². The van der Waals surface area contributed by atoms with Crippen LogP contribution >= 0.6 is 0 Å². The minimum Gasteiger partial charge on any atom is -0.347 e. The van der Waals surface area contributed by atoms with E-state index in [0.717, 1.165) is 6.42 Å². The van der Waals surface area contributed by atoms with Crippen LogP contribution in [0.3, 0.4) is 0 Å². The van der Waals surface area contributed by atoms with Crippen LogP contribution in [-0.2, 0) is 15.9 Å². The summed E-state index contributed by atoms with van der Waals surface area (Å²) in [6, 6.07) is 8.41. The average molecular weight is 221 g/mol. The summed E-state index contributed by atoms with van der Waals surface area (Å²) in [5, 5.41) is 0. The van der Waals surface area contributed by atoms with Crippen molar-refractivity contribution in [2.24, 2.45) is 5.73 Å². The van der Waals surface area contributed by atoms with Gasteiger partial charge in [0.05, 0.1) is 12.7 Å². The number of nitrogens with two attached hydrogens (primary N) is 1. The van der Waals surface area contributed by atoms with E-state index in [1.807, 2.05) is 6.92 Å². The molecule has 16 heavy (non-hydrogen) atoms. The maximum absolute atomic E-state index is 5.79. The molecule has 88 valence electrons. The third-order valence-corrected chi connectivity index (χ3v) is 2.86. The number of aryl methyl sites for hydroxylation is 1. The largest absolute Gasteiger partial charge is 0.347 e. The zero-order valence-corrected chi connectivity index (χ0v) is 9.90. The SMILES string of the molecule is Cc1cccc(CC2(C)OCC(CN)O2)c1. The van der Waals surface area contributed by atoms with Crippen LogP contribution in [0.25, 0.3) is 0 Å². The van der Waals surface area contributed by atoms with Gasteiger partial charge in [-0.2, -0.15) is 0 Å². The van der Waals surface area contributed by atoms with Crippen LogP contribution in [0.5, 0.6) is 0 Å². The van der Waals surface area contributed by atoms with Crippen molar-refractivity contribution >= 4 is 0 Å². The van der Waals surface area contributed by atoms with Crippen LogP contribution in [0, 0.1) is 6.92 Å². The Kier molecular flexibility index (Phi) is 3.28. The second-order valence-electron chi connectivity index (χ2n) is 4.59. The van der Waals surface area contributed by atoms with Gasteiger partial charge in [0.25, 0.3) is 0 Å². The van der Waals surface area contributed by atoms with Gasteiger partial charge >= 0.3 is 0 Å².